The van der Waals surface area contributed by atoms with Gasteiger partial charge in [0.25, 0.3) is 5.91 Å². The second-order valence-corrected chi connectivity index (χ2v) is 5.06. The molecule has 0 fully saturated rings. The van der Waals surface area contributed by atoms with Crippen molar-refractivity contribution in [2.75, 3.05) is 6.54 Å². The Balaban J connectivity index is 1.68. The highest BCUT2D eigenvalue weighted by Crippen LogP contribution is 2.15. The lowest BCUT2D eigenvalue weighted by molar-refractivity contribution is 0.0949. The number of halogens is 1. The Morgan fingerprint density at radius 1 is 1.32 bits per heavy atom. The predicted octanol–water partition coefficient (Wildman–Crippen LogP) is 2.38. The van der Waals surface area contributed by atoms with Crippen molar-refractivity contribution in [3.8, 4) is 0 Å². The smallest absolute Gasteiger partial charge is 0.269 e. The molecule has 0 bridgehead atoms. The minimum absolute atomic E-state index is 0.204. The van der Waals surface area contributed by atoms with Gasteiger partial charge in [0, 0.05) is 24.0 Å². The number of pyridine rings is 1. The lowest BCUT2D eigenvalue weighted by atomic mass is 10.2. The summed E-state index contributed by atoms with van der Waals surface area (Å²) >= 11 is 0. The molecule has 0 atom stereocenters. The molecule has 112 valence electrons. The first-order valence-corrected chi connectivity index (χ1v) is 6.98. The molecule has 2 heterocycles. The molecular formula is C16H15FN4O. The molecule has 1 aromatic carbocycles. The number of aromatic amines is 1. The Morgan fingerprint density at radius 2 is 2.18 bits per heavy atom. The lowest BCUT2D eigenvalue weighted by Crippen LogP contribution is -2.26. The van der Waals surface area contributed by atoms with Gasteiger partial charge >= 0.3 is 0 Å². The standard InChI is InChI=1S/C16H15FN4O/c1-10-9-12(21-20-10)7-8-18-16(22)14-6-5-11-3-2-4-13(17)15(11)19-14/h2-6,9H,7-8H2,1H3,(H,18,22)(H,20,21). The van der Waals surface area contributed by atoms with Gasteiger partial charge in [-0.2, -0.15) is 5.10 Å². The first-order chi connectivity index (χ1) is 10.6. The van der Waals surface area contributed by atoms with E-state index in [1.165, 1.54) is 6.07 Å². The van der Waals surface area contributed by atoms with Gasteiger partial charge in [0.05, 0.1) is 5.69 Å². The molecule has 0 aliphatic rings. The average molecular weight is 298 g/mol. The number of hydrogen-bond donors (Lipinski definition) is 2. The molecule has 2 N–H and O–H groups in total. The van der Waals surface area contributed by atoms with Gasteiger partial charge in [-0.05, 0) is 25.1 Å². The molecule has 1 amide bonds. The topological polar surface area (TPSA) is 70.7 Å². The molecule has 5 nitrogen and oxygen atoms in total. The highest BCUT2D eigenvalue weighted by Gasteiger charge is 2.10. The van der Waals surface area contributed by atoms with Crippen molar-refractivity contribution in [1.82, 2.24) is 20.5 Å². The van der Waals surface area contributed by atoms with Gasteiger partial charge in [0.1, 0.15) is 17.0 Å². The van der Waals surface area contributed by atoms with Crippen LogP contribution in [-0.4, -0.2) is 27.6 Å². The van der Waals surface area contributed by atoms with Crippen LogP contribution in [0, 0.1) is 12.7 Å². The number of amides is 1. The number of fused-ring (bicyclic) bond motifs is 1. The number of H-pyrrole nitrogens is 1. The summed E-state index contributed by atoms with van der Waals surface area (Å²) in [5, 5.41) is 10.4. The number of aryl methyl sites for hydroxylation is 1. The number of benzene rings is 1. The van der Waals surface area contributed by atoms with Crippen LogP contribution in [0.1, 0.15) is 21.9 Å². The maximum atomic E-state index is 13.7. The third kappa shape index (κ3) is 2.95. The highest BCUT2D eigenvalue weighted by molar-refractivity contribution is 5.94. The number of rotatable bonds is 4. The van der Waals surface area contributed by atoms with Gasteiger partial charge in [0.2, 0.25) is 0 Å². The first kappa shape index (κ1) is 14.2. The van der Waals surface area contributed by atoms with E-state index < -0.39 is 5.82 Å². The zero-order valence-electron chi connectivity index (χ0n) is 12.1. The van der Waals surface area contributed by atoms with Crippen molar-refractivity contribution in [1.29, 1.82) is 0 Å². The monoisotopic (exact) mass is 298 g/mol. The van der Waals surface area contributed by atoms with Crippen molar-refractivity contribution in [3.05, 3.63) is 59.3 Å². The molecule has 0 saturated heterocycles. The summed E-state index contributed by atoms with van der Waals surface area (Å²) in [6.45, 7) is 2.36. The normalized spacial score (nSPS) is 10.8. The van der Waals surface area contributed by atoms with Crippen molar-refractivity contribution >= 4 is 16.8 Å². The second kappa shape index (κ2) is 5.93. The SMILES string of the molecule is Cc1cc(CCNC(=O)c2ccc3cccc(F)c3n2)n[nH]1. The summed E-state index contributed by atoms with van der Waals surface area (Å²) in [5.74, 6) is -0.753. The minimum Gasteiger partial charge on any atom is -0.350 e. The molecule has 0 aliphatic heterocycles. The van der Waals surface area contributed by atoms with Crippen LogP contribution >= 0.6 is 0 Å². The maximum absolute atomic E-state index is 13.7. The van der Waals surface area contributed by atoms with Crippen LogP contribution < -0.4 is 5.32 Å². The van der Waals surface area contributed by atoms with Crippen LogP contribution in [0.3, 0.4) is 0 Å². The maximum Gasteiger partial charge on any atom is 0.269 e. The van der Waals surface area contributed by atoms with E-state index in [1.807, 2.05) is 13.0 Å². The molecule has 0 radical (unpaired) electrons. The highest BCUT2D eigenvalue weighted by atomic mass is 19.1. The van der Waals surface area contributed by atoms with Crippen molar-refractivity contribution in [2.45, 2.75) is 13.3 Å². The molecule has 0 aliphatic carbocycles. The van der Waals surface area contributed by atoms with E-state index >= 15 is 0 Å². The van der Waals surface area contributed by atoms with Gasteiger partial charge in [-0.15, -0.1) is 0 Å². The van der Waals surface area contributed by atoms with E-state index in [-0.39, 0.29) is 17.1 Å². The average Bonchev–Trinajstić information content (AvgIpc) is 2.93. The van der Waals surface area contributed by atoms with Gasteiger partial charge in [-0.1, -0.05) is 18.2 Å². The Labute approximate surface area is 126 Å². The number of aromatic nitrogens is 3. The van der Waals surface area contributed by atoms with Crippen LogP contribution in [0.25, 0.3) is 10.9 Å². The van der Waals surface area contributed by atoms with Gasteiger partial charge in [-0.3, -0.25) is 9.89 Å². The van der Waals surface area contributed by atoms with Crippen LogP contribution in [0.4, 0.5) is 4.39 Å². The van der Waals surface area contributed by atoms with E-state index in [1.54, 1.807) is 24.3 Å². The van der Waals surface area contributed by atoms with Crippen molar-refractivity contribution < 1.29 is 9.18 Å². The second-order valence-electron chi connectivity index (χ2n) is 5.06. The van der Waals surface area contributed by atoms with Crippen molar-refractivity contribution in [3.63, 3.8) is 0 Å². The number of nitrogens with one attached hydrogen (secondary N) is 2. The molecule has 3 aromatic rings. The molecule has 22 heavy (non-hydrogen) atoms. The Kier molecular flexibility index (Phi) is 3.82. The summed E-state index contributed by atoms with van der Waals surface area (Å²) in [6, 6.07) is 9.91. The zero-order chi connectivity index (χ0) is 15.5. The summed E-state index contributed by atoms with van der Waals surface area (Å²) in [4.78, 5) is 16.2. The molecule has 0 spiro atoms. The summed E-state index contributed by atoms with van der Waals surface area (Å²) in [6.07, 6.45) is 0.623. The Morgan fingerprint density at radius 3 is 2.95 bits per heavy atom. The minimum atomic E-state index is -0.431. The fraction of sp³-hybridized carbons (Fsp3) is 0.188. The molecule has 6 heteroatoms. The molecule has 0 saturated carbocycles. The number of nitrogens with zero attached hydrogens (tertiary/aromatic N) is 2. The van der Waals surface area contributed by atoms with E-state index in [0.717, 1.165) is 11.4 Å². The van der Waals surface area contributed by atoms with Gasteiger partial charge < -0.3 is 5.32 Å². The van der Waals surface area contributed by atoms with Crippen LogP contribution in [-0.2, 0) is 6.42 Å². The van der Waals surface area contributed by atoms with E-state index in [2.05, 4.69) is 20.5 Å². The fourth-order valence-electron chi connectivity index (χ4n) is 2.23. The number of hydrogen-bond acceptors (Lipinski definition) is 3. The number of carbonyl (C=O) groups is 1. The van der Waals surface area contributed by atoms with E-state index in [9.17, 15) is 9.18 Å². The van der Waals surface area contributed by atoms with Crippen LogP contribution in [0.2, 0.25) is 0 Å². The van der Waals surface area contributed by atoms with E-state index in [4.69, 9.17) is 0 Å². The lowest BCUT2D eigenvalue weighted by Gasteiger charge is -2.05. The fourth-order valence-corrected chi connectivity index (χ4v) is 2.23. The molecule has 0 unspecified atom stereocenters. The summed E-state index contributed by atoms with van der Waals surface area (Å²) in [7, 11) is 0. The van der Waals surface area contributed by atoms with E-state index in [0.29, 0.717) is 18.4 Å². The van der Waals surface area contributed by atoms with Gasteiger partial charge in [-0.25, -0.2) is 9.37 Å². The predicted molar refractivity (Wildman–Crippen MR) is 81.1 cm³/mol. The van der Waals surface area contributed by atoms with Crippen LogP contribution in [0.15, 0.2) is 36.4 Å². The number of para-hydroxylation sites is 1. The quantitative estimate of drug-likeness (QED) is 0.777. The molecule has 3 rings (SSSR count). The summed E-state index contributed by atoms with van der Waals surface area (Å²) in [5.41, 5.74) is 2.28. The third-order valence-electron chi connectivity index (χ3n) is 3.33. The Bertz CT molecular complexity index is 828. The largest absolute Gasteiger partial charge is 0.350 e. The van der Waals surface area contributed by atoms with Gasteiger partial charge in [0.15, 0.2) is 0 Å². The third-order valence-corrected chi connectivity index (χ3v) is 3.33. The van der Waals surface area contributed by atoms with Crippen LogP contribution in [0.5, 0.6) is 0 Å². The first-order valence-electron chi connectivity index (χ1n) is 6.98. The molecular weight excluding hydrogens is 283 g/mol. The zero-order valence-corrected chi connectivity index (χ0v) is 12.1. The summed E-state index contributed by atoms with van der Waals surface area (Å²) < 4.78 is 13.7. The molecule has 2 aromatic heterocycles. The Hall–Kier alpha value is -2.76. The number of carbonyl (C=O) groups excluding carboxylic acids is 1. The van der Waals surface area contributed by atoms with Crippen molar-refractivity contribution in [2.24, 2.45) is 0 Å².